The van der Waals surface area contributed by atoms with E-state index in [4.69, 9.17) is 9.47 Å². The number of nitrogens with one attached hydrogen (secondary N) is 1. The molecule has 5 atom stereocenters. The van der Waals surface area contributed by atoms with Gasteiger partial charge in [0.1, 0.15) is 0 Å². The fourth-order valence-electron chi connectivity index (χ4n) is 7.36. The third kappa shape index (κ3) is 3.31. The molecule has 1 aromatic carbocycles. The highest BCUT2D eigenvalue weighted by Crippen LogP contribution is 2.70. The minimum atomic E-state index is 0.134. The number of hydrogen-bond donors (Lipinski definition) is 1. The van der Waals surface area contributed by atoms with Crippen LogP contribution in [0.5, 0.6) is 0 Å². The Labute approximate surface area is 186 Å². The second-order valence-electron chi connectivity index (χ2n) is 10.8. The van der Waals surface area contributed by atoms with E-state index in [1.165, 1.54) is 29.7 Å². The van der Waals surface area contributed by atoms with Crippen LogP contribution in [0.25, 0.3) is 0 Å². The Hall–Kier alpha value is -1.59. The molecule has 1 aromatic rings. The molecule has 5 rings (SSSR count). The van der Waals surface area contributed by atoms with Crippen LogP contribution in [0.3, 0.4) is 0 Å². The van der Waals surface area contributed by atoms with Gasteiger partial charge in [-0.05, 0) is 72.1 Å². The fourth-order valence-corrected chi connectivity index (χ4v) is 7.36. The lowest BCUT2D eigenvalue weighted by Gasteiger charge is -2.53. The Morgan fingerprint density at radius 3 is 2.71 bits per heavy atom. The molecule has 0 aromatic heterocycles. The van der Waals surface area contributed by atoms with Gasteiger partial charge < -0.3 is 19.7 Å². The number of benzene rings is 1. The number of morpholine rings is 1. The Morgan fingerprint density at radius 2 is 2.00 bits per heavy atom. The van der Waals surface area contributed by atoms with Crippen LogP contribution >= 0.6 is 0 Å². The normalized spacial score (nSPS) is 36.3. The fraction of sp³-hybridized carbons (Fsp3) is 0.731. The van der Waals surface area contributed by atoms with E-state index < -0.39 is 0 Å². The number of carbonyl (C=O) groups is 1. The highest BCUT2D eigenvalue weighted by Gasteiger charge is 2.68. The number of nitrogens with zero attached hydrogens (tertiary/aromatic N) is 1. The maximum atomic E-state index is 12.4. The van der Waals surface area contributed by atoms with Crippen molar-refractivity contribution in [2.75, 3.05) is 37.8 Å². The number of amides is 1. The van der Waals surface area contributed by atoms with Crippen molar-refractivity contribution in [1.29, 1.82) is 0 Å². The standard InChI is InChI=1S/C26H38N2O3/c1-5-22(29)27-24-25(3,4)18-15-21-23(31-11-8-26(21,24)16-18)20-7-6-19(14-17(20)2)28-9-12-30-13-10-28/h6-7,14,18,21,23-24H,5,8-13,15-16H2,1-4H3,(H,27,29)/t18-,21-,23-,24+,26?/m1/s1. The number of ether oxygens (including phenoxy) is 2. The van der Waals surface area contributed by atoms with E-state index in [2.05, 4.69) is 49.2 Å². The zero-order valence-corrected chi connectivity index (χ0v) is 19.6. The van der Waals surface area contributed by atoms with Gasteiger partial charge in [-0.15, -0.1) is 0 Å². The molecule has 2 bridgehead atoms. The van der Waals surface area contributed by atoms with Gasteiger partial charge >= 0.3 is 0 Å². The van der Waals surface area contributed by atoms with Crippen molar-refractivity contribution in [3.8, 4) is 0 Å². The van der Waals surface area contributed by atoms with Crippen LogP contribution in [0, 0.1) is 29.6 Å². The lowest BCUT2D eigenvalue weighted by atomic mass is 9.58. The van der Waals surface area contributed by atoms with Crippen LogP contribution in [0.1, 0.15) is 63.7 Å². The van der Waals surface area contributed by atoms with Gasteiger partial charge in [0.05, 0.1) is 19.3 Å². The molecule has 1 amide bonds. The highest BCUT2D eigenvalue weighted by atomic mass is 16.5. The number of anilines is 1. The summed E-state index contributed by atoms with van der Waals surface area (Å²) < 4.78 is 12.0. The summed E-state index contributed by atoms with van der Waals surface area (Å²) in [7, 11) is 0. The van der Waals surface area contributed by atoms with Crippen LogP contribution in [0.15, 0.2) is 18.2 Å². The van der Waals surface area contributed by atoms with E-state index in [-0.39, 0.29) is 28.9 Å². The van der Waals surface area contributed by atoms with Gasteiger partial charge in [-0.1, -0.05) is 26.8 Å². The molecule has 2 aliphatic heterocycles. The summed E-state index contributed by atoms with van der Waals surface area (Å²) in [6.07, 6.45) is 4.19. The lowest BCUT2D eigenvalue weighted by Crippen LogP contribution is -2.58. The zero-order valence-electron chi connectivity index (χ0n) is 19.6. The van der Waals surface area contributed by atoms with E-state index in [0.717, 1.165) is 39.3 Å². The second-order valence-corrected chi connectivity index (χ2v) is 10.8. The van der Waals surface area contributed by atoms with Crippen LogP contribution in [0.2, 0.25) is 0 Å². The molecular formula is C26H38N2O3. The first-order chi connectivity index (χ1) is 14.9. The van der Waals surface area contributed by atoms with Gasteiger partial charge in [0.2, 0.25) is 5.91 Å². The molecule has 1 unspecified atom stereocenters. The summed E-state index contributed by atoms with van der Waals surface area (Å²) in [6.45, 7) is 13.2. The Morgan fingerprint density at radius 1 is 1.23 bits per heavy atom. The average molecular weight is 427 g/mol. The lowest BCUT2D eigenvalue weighted by molar-refractivity contribution is -0.137. The molecular weight excluding hydrogens is 388 g/mol. The van der Waals surface area contributed by atoms with E-state index in [9.17, 15) is 4.79 Å². The quantitative estimate of drug-likeness (QED) is 0.782. The largest absolute Gasteiger partial charge is 0.378 e. The molecule has 5 heteroatoms. The SMILES string of the molecule is CCC(=O)N[C@H]1C(C)(C)[C@@H]2C[C@@H]3[C@@H](c4ccc(N5CCOCC5)cc4C)OCCC31C2. The van der Waals surface area contributed by atoms with Gasteiger partial charge in [-0.3, -0.25) is 4.79 Å². The molecule has 1 N–H and O–H groups in total. The van der Waals surface area contributed by atoms with Crippen molar-refractivity contribution in [2.24, 2.45) is 22.7 Å². The summed E-state index contributed by atoms with van der Waals surface area (Å²) in [5, 5.41) is 3.47. The van der Waals surface area contributed by atoms with Crippen LogP contribution < -0.4 is 10.2 Å². The summed E-state index contributed by atoms with van der Waals surface area (Å²) in [6, 6.07) is 7.15. The maximum absolute atomic E-state index is 12.4. The molecule has 4 fully saturated rings. The van der Waals surface area contributed by atoms with Crippen molar-refractivity contribution in [3.63, 3.8) is 0 Å². The molecule has 0 radical (unpaired) electrons. The molecule has 170 valence electrons. The minimum Gasteiger partial charge on any atom is -0.378 e. The van der Waals surface area contributed by atoms with Gasteiger partial charge in [-0.2, -0.15) is 0 Å². The maximum Gasteiger partial charge on any atom is 0.219 e. The molecule has 2 saturated heterocycles. The second kappa shape index (κ2) is 7.77. The first-order valence-electron chi connectivity index (χ1n) is 12.2. The first-order valence-corrected chi connectivity index (χ1v) is 12.2. The van der Waals surface area contributed by atoms with Crippen LogP contribution in [-0.2, 0) is 14.3 Å². The zero-order chi connectivity index (χ0) is 21.8. The predicted molar refractivity (Wildman–Crippen MR) is 122 cm³/mol. The minimum absolute atomic E-state index is 0.134. The van der Waals surface area contributed by atoms with Crippen molar-refractivity contribution in [1.82, 2.24) is 5.32 Å². The van der Waals surface area contributed by atoms with Gasteiger partial charge in [0, 0.05) is 37.8 Å². The molecule has 2 heterocycles. The molecule has 5 nitrogen and oxygen atoms in total. The first kappa shape index (κ1) is 21.3. The number of fused-ring (bicyclic) bond motifs is 1. The summed E-state index contributed by atoms with van der Waals surface area (Å²) >= 11 is 0. The smallest absolute Gasteiger partial charge is 0.219 e. The van der Waals surface area contributed by atoms with Crippen molar-refractivity contribution >= 4 is 11.6 Å². The topological polar surface area (TPSA) is 50.8 Å². The molecule has 2 saturated carbocycles. The Kier molecular flexibility index (Phi) is 5.33. The Bertz CT molecular complexity index is 847. The van der Waals surface area contributed by atoms with E-state index in [0.29, 0.717) is 18.3 Å². The number of hydrogen-bond acceptors (Lipinski definition) is 4. The summed E-state index contributed by atoms with van der Waals surface area (Å²) in [4.78, 5) is 14.9. The van der Waals surface area contributed by atoms with Gasteiger partial charge in [0.25, 0.3) is 0 Å². The molecule has 4 aliphatic rings. The third-order valence-corrected chi connectivity index (χ3v) is 9.07. The predicted octanol–water partition coefficient (Wildman–Crippen LogP) is 4.24. The van der Waals surface area contributed by atoms with Crippen LogP contribution in [-0.4, -0.2) is 44.9 Å². The summed E-state index contributed by atoms with van der Waals surface area (Å²) in [5.74, 6) is 1.32. The monoisotopic (exact) mass is 426 g/mol. The Balaban J connectivity index is 1.44. The number of rotatable bonds is 4. The number of aryl methyl sites for hydroxylation is 1. The van der Waals surface area contributed by atoms with Crippen LogP contribution in [0.4, 0.5) is 5.69 Å². The van der Waals surface area contributed by atoms with Crippen molar-refractivity contribution in [3.05, 3.63) is 29.3 Å². The number of carbonyl (C=O) groups excluding carboxylic acids is 1. The average Bonchev–Trinajstić information content (AvgIpc) is 3.26. The van der Waals surface area contributed by atoms with E-state index in [1.54, 1.807) is 0 Å². The highest BCUT2D eigenvalue weighted by molar-refractivity contribution is 5.76. The molecule has 2 aliphatic carbocycles. The molecule has 31 heavy (non-hydrogen) atoms. The van der Waals surface area contributed by atoms with Crippen molar-refractivity contribution < 1.29 is 14.3 Å². The van der Waals surface area contributed by atoms with Gasteiger partial charge in [-0.25, -0.2) is 0 Å². The van der Waals surface area contributed by atoms with E-state index in [1.807, 2.05) is 6.92 Å². The summed E-state index contributed by atoms with van der Waals surface area (Å²) in [5.41, 5.74) is 4.27. The van der Waals surface area contributed by atoms with Crippen molar-refractivity contribution in [2.45, 2.75) is 65.5 Å². The van der Waals surface area contributed by atoms with E-state index >= 15 is 0 Å². The van der Waals surface area contributed by atoms with Gasteiger partial charge in [0.15, 0.2) is 0 Å². The molecule has 1 spiro atoms. The third-order valence-electron chi connectivity index (χ3n) is 9.07.